The van der Waals surface area contributed by atoms with Gasteiger partial charge in [-0.3, -0.25) is 0 Å². The highest BCUT2D eigenvalue weighted by atomic mass is 16.5. The van der Waals surface area contributed by atoms with Crippen molar-refractivity contribution < 1.29 is 9.47 Å². The van der Waals surface area contributed by atoms with E-state index in [-0.39, 0.29) is 6.10 Å². The molecule has 0 bridgehead atoms. The van der Waals surface area contributed by atoms with Crippen LogP contribution in [0.3, 0.4) is 0 Å². The maximum absolute atomic E-state index is 6.21. The molecule has 170 valence electrons. The smallest absolute Gasteiger partial charge is 0.191 e. The van der Waals surface area contributed by atoms with Crippen LogP contribution in [0.1, 0.15) is 30.9 Å². The van der Waals surface area contributed by atoms with Gasteiger partial charge in [-0.25, -0.2) is 9.98 Å². The van der Waals surface area contributed by atoms with Gasteiger partial charge in [0.05, 0.1) is 37.1 Å². The van der Waals surface area contributed by atoms with Crippen LogP contribution in [0.2, 0.25) is 0 Å². The van der Waals surface area contributed by atoms with E-state index in [1.54, 1.807) is 0 Å². The molecule has 1 aromatic heterocycles. The van der Waals surface area contributed by atoms with Gasteiger partial charge in [0.1, 0.15) is 11.9 Å². The van der Waals surface area contributed by atoms with Crippen LogP contribution in [-0.4, -0.2) is 47.9 Å². The number of ether oxygens (including phenoxy) is 2. The van der Waals surface area contributed by atoms with E-state index in [1.165, 1.54) is 11.1 Å². The lowest BCUT2D eigenvalue weighted by Gasteiger charge is -2.16. The number of rotatable bonds is 9. The van der Waals surface area contributed by atoms with Crippen LogP contribution in [-0.2, 0) is 17.8 Å². The average Bonchev–Trinajstić information content (AvgIpc) is 3.46. The standard InChI is InChI=1S/C25H33N5O2/c1-3-26-25(27-12-6-13-30-18-29-22-7-4-5-8-23(22)30)28-16-20-10-9-19(2)15-24(20)32-21-11-14-31-17-21/h4-5,7-10,15,18,21H,3,6,11-14,16-17H2,1-2H3,(H2,26,27,28). The molecule has 0 spiro atoms. The largest absolute Gasteiger partial charge is 0.488 e. The van der Waals surface area contributed by atoms with Crippen LogP contribution in [0.15, 0.2) is 53.8 Å². The molecule has 32 heavy (non-hydrogen) atoms. The molecular weight excluding hydrogens is 402 g/mol. The molecule has 0 aliphatic carbocycles. The summed E-state index contributed by atoms with van der Waals surface area (Å²) < 4.78 is 13.9. The van der Waals surface area contributed by atoms with Gasteiger partial charge in [-0.2, -0.15) is 0 Å². The Morgan fingerprint density at radius 3 is 3.00 bits per heavy atom. The molecule has 0 amide bonds. The lowest BCUT2D eigenvalue weighted by molar-refractivity contribution is 0.140. The van der Waals surface area contributed by atoms with Crippen LogP contribution in [0.25, 0.3) is 11.0 Å². The molecule has 0 radical (unpaired) electrons. The van der Waals surface area contributed by atoms with Crippen LogP contribution in [0, 0.1) is 6.92 Å². The highest BCUT2D eigenvalue weighted by Gasteiger charge is 2.18. The van der Waals surface area contributed by atoms with Crippen molar-refractivity contribution in [1.29, 1.82) is 0 Å². The molecule has 2 heterocycles. The summed E-state index contributed by atoms with van der Waals surface area (Å²) in [5.74, 6) is 1.73. The number of aryl methyl sites for hydroxylation is 2. The summed E-state index contributed by atoms with van der Waals surface area (Å²) >= 11 is 0. The molecule has 0 saturated carbocycles. The van der Waals surface area contributed by atoms with Gasteiger partial charge >= 0.3 is 0 Å². The second-order valence-corrected chi connectivity index (χ2v) is 8.12. The van der Waals surface area contributed by atoms with Crippen molar-refractivity contribution in [3.63, 3.8) is 0 Å². The van der Waals surface area contributed by atoms with E-state index in [0.717, 1.165) is 61.9 Å². The minimum Gasteiger partial charge on any atom is -0.488 e. The van der Waals surface area contributed by atoms with Gasteiger partial charge < -0.3 is 24.7 Å². The summed E-state index contributed by atoms with van der Waals surface area (Å²) in [6, 6.07) is 14.5. The zero-order chi connectivity index (χ0) is 22.2. The van der Waals surface area contributed by atoms with Crippen LogP contribution in [0.5, 0.6) is 5.75 Å². The van der Waals surface area contributed by atoms with Crippen molar-refractivity contribution in [2.24, 2.45) is 4.99 Å². The third kappa shape index (κ3) is 5.79. The monoisotopic (exact) mass is 435 g/mol. The first-order valence-corrected chi connectivity index (χ1v) is 11.5. The molecule has 3 aromatic rings. The van der Waals surface area contributed by atoms with Crippen molar-refractivity contribution in [3.8, 4) is 5.75 Å². The molecule has 1 atom stereocenters. The number of guanidine groups is 1. The zero-order valence-electron chi connectivity index (χ0n) is 19.0. The number of benzene rings is 2. The molecule has 1 aliphatic rings. The van der Waals surface area contributed by atoms with E-state index >= 15 is 0 Å². The van der Waals surface area contributed by atoms with E-state index in [0.29, 0.717) is 13.2 Å². The number of aromatic nitrogens is 2. The van der Waals surface area contributed by atoms with Gasteiger partial charge in [0.2, 0.25) is 0 Å². The molecule has 7 nitrogen and oxygen atoms in total. The molecule has 2 N–H and O–H groups in total. The minimum absolute atomic E-state index is 0.130. The first-order valence-electron chi connectivity index (χ1n) is 11.5. The molecule has 2 aromatic carbocycles. The summed E-state index contributed by atoms with van der Waals surface area (Å²) in [5.41, 5.74) is 4.48. The lowest BCUT2D eigenvalue weighted by Crippen LogP contribution is -2.38. The summed E-state index contributed by atoms with van der Waals surface area (Å²) in [6.45, 7) is 8.70. The first-order chi connectivity index (χ1) is 15.7. The Bertz CT molecular complexity index is 1040. The topological polar surface area (TPSA) is 72.7 Å². The van der Waals surface area contributed by atoms with Crippen molar-refractivity contribution in [2.75, 3.05) is 26.3 Å². The number of aliphatic imine (C=N–C) groups is 1. The number of fused-ring (bicyclic) bond motifs is 1. The highest BCUT2D eigenvalue weighted by molar-refractivity contribution is 5.79. The van der Waals surface area contributed by atoms with Gasteiger partial charge in [0, 0.05) is 31.6 Å². The van der Waals surface area contributed by atoms with E-state index < -0.39 is 0 Å². The first kappa shape index (κ1) is 22.1. The molecule has 4 rings (SSSR count). The maximum Gasteiger partial charge on any atom is 0.191 e. The molecule has 1 saturated heterocycles. The normalized spacial score (nSPS) is 16.4. The Kier molecular flexibility index (Phi) is 7.61. The number of imidazole rings is 1. The Morgan fingerprint density at radius 1 is 1.25 bits per heavy atom. The van der Waals surface area contributed by atoms with Crippen molar-refractivity contribution in [1.82, 2.24) is 20.2 Å². The van der Waals surface area contributed by atoms with Crippen LogP contribution >= 0.6 is 0 Å². The van der Waals surface area contributed by atoms with Crippen LogP contribution < -0.4 is 15.4 Å². The quantitative estimate of drug-likeness (QED) is 0.305. The Hall–Kier alpha value is -3.06. The van der Waals surface area contributed by atoms with Crippen molar-refractivity contribution >= 4 is 17.0 Å². The molecular formula is C25H33N5O2. The van der Waals surface area contributed by atoms with E-state index in [2.05, 4.69) is 64.4 Å². The highest BCUT2D eigenvalue weighted by Crippen LogP contribution is 2.24. The van der Waals surface area contributed by atoms with Crippen molar-refractivity contribution in [2.45, 2.75) is 45.9 Å². The predicted octanol–water partition coefficient (Wildman–Crippen LogP) is 3.66. The molecule has 7 heteroatoms. The third-order valence-electron chi connectivity index (χ3n) is 5.55. The van der Waals surface area contributed by atoms with Gasteiger partial charge in [-0.15, -0.1) is 0 Å². The summed E-state index contributed by atoms with van der Waals surface area (Å²) in [6.07, 6.45) is 3.96. The van der Waals surface area contributed by atoms with E-state index in [9.17, 15) is 0 Å². The van der Waals surface area contributed by atoms with Gasteiger partial charge in [0.15, 0.2) is 5.96 Å². The number of para-hydroxylation sites is 2. The second kappa shape index (κ2) is 11.0. The molecule has 1 fully saturated rings. The SMILES string of the molecule is CCNC(=NCc1ccc(C)cc1OC1CCOC1)NCCCn1cnc2ccccc21. The predicted molar refractivity (Wildman–Crippen MR) is 128 cm³/mol. The van der Waals surface area contributed by atoms with Gasteiger partial charge in [-0.05, 0) is 44.0 Å². The van der Waals surface area contributed by atoms with Crippen LogP contribution in [0.4, 0.5) is 0 Å². The molecule has 1 unspecified atom stereocenters. The molecule has 1 aliphatic heterocycles. The average molecular weight is 436 g/mol. The van der Waals surface area contributed by atoms with Gasteiger partial charge in [0.25, 0.3) is 0 Å². The number of nitrogens with zero attached hydrogens (tertiary/aromatic N) is 3. The summed E-state index contributed by atoms with van der Waals surface area (Å²) in [7, 11) is 0. The fourth-order valence-corrected chi connectivity index (χ4v) is 3.84. The van der Waals surface area contributed by atoms with Crippen molar-refractivity contribution in [3.05, 3.63) is 59.9 Å². The summed E-state index contributed by atoms with van der Waals surface area (Å²) in [5, 5.41) is 6.79. The number of hydrogen-bond donors (Lipinski definition) is 2. The van der Waals surface area contributed by atoms with E-state index in [4.69, 9.17) is 14.5 Å². The zero-order valence-corrected chi connectivity index (χ0v) is 19.0. The second-order valence-electron chi connectivity index (χ2n) is 8.12. The third-order valence-corrected chi connectivity index (χ3v) is 5.55. The Morgan fingerprint density at radius 2 is 2.16 bits per heavy atom. The summed E-state index contributed by atoms with van der Waals surface area (Å²) in [4.78, 5) is 9.26. The van der Waals surface area contributed by atoms with Gasteiger partial charge in [-0.1, -0.05) is 24.3 Å². The fourth-order valence-electron chi connectivity index (χ4n) is 3.84. The minimum atomic E-state index is 0.130. The maximum atomic E-state index is 6.21. The fraction of sp³-hybridized carbons (Fsp3) is 0.440. The van der Waals surface area contributed by atoms with E-state index in [1.807, 2.05) is 18.5 Å². The lowest BCUT2D eigenvalue weighted by atomic mass is 10.1. The Labute approximate surface area is 189 Å². The Balaban J connectivity index is 1.33. The number of nitrogens with one attached hydrogen (secondary N) is 2. The number of hydrogen-bond acceptors (Lipinski definition) is 4.